The molecule has 6 heteroatoms. The first-order valence-electron chi connectivity index (χ1n) is 11.4. The van der Waals surface area contributed by atoms with Gasteiger partial charge < -0.3 is 14.2 Å². The number of rotatable bonds is 6. The zero-order valence-electron chi connectivity index (χ0n) is 20.4. The third kappa shape index (κ3) is 4.00. The fourth-order valence-electron chi connectivity index (χ4n) is 5.70. The lowest BCUT2D eigenvalue weighted by molar-refractivity contribution is -0.171. The van der Waals surface area contributed by atoms with Crippen molar-refractivity contribution in [3.8, 4) is 0 Å². The van der Waals surface area contributed by atoms with Gasteiger partial charge >= 0.3 is 17.9 Å². The van der Waals surface area contributed by atoms with Crippen molar-refractivity contribution >= 4 is 17.9 Å². The van der Waals surface area contributed by atoms with Crippen molar-refractivity contribution in [3.63, 3.8) is 0 Å². The first kappa shape index (κ1) is 24.7. The third-order valence-electron chi connectivity index (χ3n) is 7.20. The molecule has 0 amide bonds. The van der Waals surface area contributed by atoms with Crippen LogP contribution in [-0.4, -0.2) is 39.2 Å². The highest BCUT2D eigenvalue weighted by molar-refractivity contribution is 6.02. The SMILES string of the molecule is CCCCC12CC(C(=O)OC)(C(=O)OC)C/C(=C\C(=O)OC)C1=CC(C)(C)c1ccccc12. The predicted octanol–water partition coefficient (Wildman–Crippen LogP) is 4.56. The lowest BCUT2D eigenvalue weighted by Gasteiger charge is -2.53. The van der Waals surface area contributed by atoms with Gasteiger partial charge in [0.2, 0.25) is 0 Å². The molecule has 0 spiro atoms. The van der Waals surface area contributed by atoms with E-state index in [1.165, 1.54) is 27.4 Å². The molecular formula is C27H34O6. The van der Waals surface area contributed by atoms with Crippen molar-refractivity contribution in [3.05, 3.63) is 58.7 Å². The number of hydrogen-bond acceptors (Lipinski definition) is 6. The Bertz CT molecular complexity index is 999. The molecular weight excluding hydrogens is 420 g/mol. The molecule has 33 heavy (non-hydrogen) atoms. The Labute approximate surface area is 196 Å². The maximum atomic E-state index is 13.2. The van der Waals surface area contributed by atoms with E-state index in [0.29, 0.717) is 5.57 Å². The van der Waals surface area contributed by atoms with Crippen LogP contribution in [-0.2, 0) is 39.4 Å². The van der Waals surface area contributed by atoms with Crippen LogP contribution >= 0.6 is 0 Å². The molecule has 0 bridgehead atoms. The molecule has 2 aliphatic rings. The highest BCUT2D eigenvalue weighted by Gasteiger charge is 2.61. The van der Waals surface area contributed by atoms with Crippen LogP contribution in [0.1, 0.15) is 64.0 Å². The van der Waals surface area contributed by atoms with Crippen molar-refractivity contribution in [2.75, 3.05) is 21.3 Å². The molecule has 1 saturated carbocycles. The van der Waals surface area contributed by atoms with Crippen molar-refractivity contribution in [2.45, 2.75) is 63.7 Å². The summed E-state index contributed by atoms with van der Waals surface area (Å²) in [6, 6.07) is 8.18. The Hall–Kier alpha value is -2.89. The standard InChI is InChI=1S/C27H34O6/c1-7-8-13-26-17-27(23(29)32-5,24(30)33-6)15-18(14-22(28)31-4)21(26)16-25(2,3)19-11-9-10-12-20(19)26/h9-12,14,16H,7-8,13,15,17H2,1-6H3/b18-14+. The maximum Gasteiger partial charge on any atom is 0.330 e. The molecule has 1 aromatic rings. The number of carbonyl (C=O) groups is 3. The van der Waals surface area contributed by atoms with Gasteiger partial charge in [-0.3, -0.25) is 9.59 Å². The molecule has 0 radical (unpaired) electrons. The van der Waals surface area contributed by atoms with Crippen LogP contribution in [0.25, 0.3) is 0 Å². The summed E-state index contributed by atoms with van der Waals surface area (Å²) in [5.41, 5.74) is 1.30. The van der Waals surface area contributed by atoms with Crippen LogP contribution in [0.2, 0.25) is 0 Å². The fraction of sp³-hybridized carbons (Fsp3) is 0.519. The van der Waals surface area contributed by atoms with E-state index in [2.05, 4.69) is 39.0 Å². The lowest BCUT2D eigenvalue weighted by Crippen LogP contribution is -2.53. The van der Waals surface area contributed by atoms with Crippen molar-refractivity contribution in [2.24, 2.45) is 5.41 Å². The Morgan fingerprint density at radius 1 is 0.970 bits per heavy atom. The summed E-state index contributed by atoms with van der Waals surface area (Å²) in [5.74, 6) is -1.83. The van der Waals surface area contributed by atoms with Crippen molar-refractivity contribution in [1.29, 1.82) is 0 Å². The number of benzene rings is 1. The van der Waals surface area contributed by atoms with Gasteiger partial charge in [-0.25, -0.2) is 4.79 Å². The largest absolute Gasteiger partial charge is 0.468 e. The summed E-state index contributed by atoms with van der Waals surface area (Å²) in [6.45, 7) is 6.39. The molecule has 0 aliphatic heterocycles. The highest BCUT2D eigenvalue weighted by atomic mass is 16.5. The predicted molar refractivity (Wildman–Crippen MR) is 125 cm³/mol. The summed E-state index contributed by atoms with van der Waals surface area (Å²) >= 11 is 0. The average Bonchev–Trinajstić information content (AvgIpc) is 2.82. The number of fused-ring (bicyclic) bond motifs is 3. The first-order chi connectivity index (χ1) is 15.6. The Kier molecular flexibility index (Phi) is 6.87. The Morgan fingerprint density at radius 3 is 2.12 bits per heavy atom. The van der Waals surface area contributed by atoms with Gasteiger partial charge in [0.25, 0.3) is 0 Å². The van der Waals surface area contributed by atoms with Crippen LogP contribution < -0.4 is 0 Å². The minimum Gasteiger partial charge on any atom is -0.468 e. The quantitative estimate of drug-likeness (QED) is 0.271. The van der Waals surface area contributed by atoms with E-state index in [1.807, 2.05) is 12.1 Å². The van der Waals surface area contributed by atoms with E-state index < -0.39 is 28.7 Å². The van der Waals surface area contributed by atoms with E-state index >= 15 is 0 Å². The van der Waals surface area contributed by atoms with Crippen LogP contribution in [0.5, 0.6) is 0 Å². The number of allylic oxidation sites excluding steroid dienone is 3. The van der Waals surface area contributed by atoms with E-state index in [-0.39, 0.29) is 18.3 Å². The van der Waals surface area contributed by atoms with Crippen molar-refractivity contribution in [1.82, 2.24) is 0 Å². The van der Waals surface area contributed by atoms with E-state index in [4.69, 9.17) is 14.2 Å². The summed E-state index contributed by atoms with van der Waals surface area (Å²) in [7, 11) is 3.87. The van der Waals surface area contributed by atoms with Crippen LogP contribution in [0.15, 0.2) is 47.6 Å². The minimum atomic E-state index is -1.57. The normalized spacial score (nSPS) is 23.6. The highest BCUT2D eigenvalue weighted by Crippen LogP contribution is 2.60. The number of esters is 3. The van der Waals surface area contributed by atoms with Crippen LogP contribution in [0.3, 0.4) is 0 Å². The molecule has 0 N–H and O–H groups in total. The molecule has 178 valence electrons. The third-order valence-corrected chi connectivity index (χ3v) is 7.20. The molecule has 0 saturated heterocycles. The van der Waals surface area contributed by atoms with E-state index in [0.717, 1.165) is 36.0 Å². The Morgan fingerprint density at radius 2 is 1.58 bits per heavy atom. The summed E-state index contributed by atoms with van der Waals surface area (Å²) in [6.07, 6.45) is 6.39. The van der Waals surface area contributed by atoms with Gasteiger partial charge in [0.15, 0.2) is 5.41 Å². The molecule has 2 aliphatic carbocycles. The second kappa shape index (κ2) is 9.16. The second-order valence-electron chi connectivity index (χ2n) is 9.62. The fourth-order valence-corrected chi connectivity index (χ4v) is 5.70. The van der Waals surface area contributed by atoms with Gasteiger partial charge in [0.05, 0.1) is 21.3 Å². The molecule has 0 aromatic heterocycles. The molecule has 0 heterocycles. The summed E-state index contributed by atoms with van der Waals surface area (Å²) < 4.78 is 15.2. The van der Waals surface area contributed by atoms with Crippen molar-refractivity contribution < 1.29 is 28.6 Å². The molecule has 1 atom stereocenters. The second-order valence-corrected chi connectivity index (χ2v) is 9.62. The molecule has 1 unspecified atom stereocenters. The number of hydrogen-bond donors (Lipinski definition) is 0. The van der Waals surface area contributed by atoms with Gasteiger partial charge in [-0.15, -0.1) is 0 Å². The Balaban J connectivity index is 2.42. The maximum absolute atomic E-state index is 13.2. The number of carbonyl (C=O) groups excluding carboxylic acids is 3. The lowest BCUT2D eigenvalue weighted by atomic mass is 9.49. The smallest absolute Gasteiger partial charge is 0.330 e. The number of methoxy groups -OCH3 is 3. The van der Waals surface area contributed by atoms with Crippen LogP contribution in [0.4, 0.5) is 0 Å². The van der Waals surface area contributed by atoms with Gasteiger partial charge in [-0.2, -0.15) is 0 Å². The summed E-state index contributed by atoms with van der Waals surface area (Å²) in [5, 5.41) is 0. The number of ether oxygens (including phenoxy) is 3. The zero-order valence-corrected chi connectivity index (χ0v) is 20.4. The number of unbranched alkanes of at least 4 members (excludes halogenated alkanes) is 1. The molecule has 6 nitrogen and oxygen atoms in total. The monoisotopic (exact) mass is 454 g/mol. The summed E-state index contributed by atoms with van der Waals surface area (Å²) in [4.78, 5) is 38.9. The first-order valence-corrected chi connectivity index (χ1v) is 11.4. The molecule has 1 fully saturated rings. The topological polar surface area (TPSA) is 78.9 Å². The minimum absolute atomic E-state index is 0.0133. The molecule has 3 rings (SSSR count). The molecule has 1 aromatic carbocycles. The average molecular weight is 455 g/mol. The van der Waals surface area contributed by atoms with Gasteiger partial charge in [-0.1, -0.05) is 64.0 Å². The van der Waals surface area contributed by atoms with Gasteiger partial charge in [0.1, 0.15) is 0 Å². The van der Waals surface area contributed by atoms with E-state index in [9.17, 15) is 14.4 Å². The zero-order chi connectivity index (χ0) is 24.4. The van der Waals surface area contributed by atoms with Gasteiger partial charge in [-0.05, 0) is 41.5 Å². The van der Waals surface area contributed by atoms with Gasteiger partial charge in [0, 0.05) is 16.9 Å². The van der Waals surface area contributed by atoms with E-state index in [1.54, 1.807) is 0 Å². The van der Waals surface area contributed by atoms with Crippen LogP contribution in [0, 0.1) is 5.41 Å².